The van der Waals surface area contributed by atoms with Gasteiger partial charge in [0.25, 0.3) is 0 Å². The number of nitrogens with zero attached hydrogens (tertiary/aromatic N) is 1. The van der Waals surface area contributed by atoms with E-state index >= 15 is 0 Å². The van der Waals surface area contributed by atoms with Crippen LogP contribution in [0.5, 0.6) is 0 Å². The van der Waals surface area contributed by atoms with Gasteiger partial charge in [0.1, 0.15) is 5.82 Å². The zero-order valence-corrected chi connectivity index (χ0v) is 6.15. The summed E-state index contributed by atoms with van der Waals surface area (Å²) in [5.74, 6) is 0.299. The normalized spacial score (nSPS) is 9.73. The molecule has 1 rings (SSSR count). The molecule has 58 valence electrons. The van der Waals surface area contributed by atoms with Crippen molar-refractivity contribution in [3.63, 3.8) is 0 Å². The highest BCUT2D eigenvalue weighted by Gasteiger charge is 2.12. The van der Waals surface area contributed by atoms with Crippen LogP contribution in [0.2, 0.25) is 0 Å². The van der Waals surface area contributed by atoms with Gasteiger partial charge in [0.05, 0.1) is 5.59 Å². The van der Waals surface area contributed by atoms with Crippen molar-refractivity contribution >= 4 is 18.5 Å². The van der Waals surface area contributed by atoms with Crippen molar-refractivity contribution in [3.8, 4) is 0 Å². The first-order valence-corrected chi connectivity index (χ1v) is 3.20. The predicted octanol–water partition coefficient (Wildman–Crippen LogP) is -1.35. The summed E-state index contributed by atoms with van der Waals surface area (Å²) in [5, 5.41) is 17.4. The number of hydrogen-bond donors (Lipinski definition) is 3. The van der Waals surface area contributed by atoms with Crippen LogP contribution in [-0.4, -0.2) is 22.2 Å². The number of aryl methyl sites for hydroxylation is 1. The molecule has 0 saturated heterocycles. The van der Waals surface area contributed by atoms with E-state index in [0.717, 1.165) is 5.56 Å². The highest BCUT2D eigenvalue weighted by atomic mass is 16.4. The molecule has 0 fully saturated rings. The van der Waals surface area contributed by atoms with Crippen LogP contribution in [-0.2, 0) is 0 Å². The van der Waals surface area contributed by atoms with Gasteiger partial charge in [-0.05, 0) is 24.6 Å². The third kappa shape index (κ3) is 1.93. The Morgan fingerprint density at radius 3 is 2.55 bits per heavy atom. The fourth-order valence-electron chi connectivity index (χ4n) is 0.854. The van der Waals surface area contributed by atoms with E-state index in [4.69, 9.17) is 15.8 Å². The average molecular weight is 152 g/mol. The molecule has 0 amide bonds. The number of hydrogen-bond acceptors (Lipinski definition) is 4. The smallest absolute Gasteiger partial charge is 0.422 e. The Kier molecular flexibility index (Phi) is 2.12. The zero-order chi connectivity index (χ0) is 8.43. The number of nitrogens with two attached hydrogens (primary N) is 1. The molecule has 0 radical (unpaired) electrons. The molecule has 1 aromatic rings. The van der Waals surface area contributed by atoms with Crippen molar-refractivity contribution in [2.75, 3.05) is 5.73 Å². The first-order valence-electron chi connectivity index (χ1n) is 3.20. The molecule has 4 N–H and O–H groups in total. The van der Waals surface area contributed by atoms with Crippen molar-refractivity contribution in [2.45, 2.75) is 6.92 Å². The summed E-state index contributed by atoms with van der Waals surface area (Å²) in [6, 6.07) is 3.23. The third-order valence-electron chi connectivity index (χ3n) is 1.27. The summed E-state index contributed by atoms with van der Waals surface area (Å²) in [5.41, 5.74) is 6.41. The summed E-state index contributed by atoms with van der Waals surface area (Å²) in [7, 11) is -1.54. The Balaban J connectivity index is 3.08. The quantitative estimate of drug-likeness (QED) is 0.434. The largest absolute Gasteiger partial charge is 0.508 e. The van der Waals surface area contributed by atoms with Gasteiger partial charge in [-0.3, -0.25) is 0 Å². The Morgan fingerprint density at radius 1 is 1.45 bits per heavy atom. The minimum Gasteiger partial charge on any atom is -0.422 e. The molecule has 0 unspecified atom stereocenters. The van der Waals surface area contributed by atoms with Crippen molar-refractivity contribution in [3.05, 3.63) is 17.7 Å². The number of anilines is 1. The first kappa shape index (κ1) is 8.04. The van der Waals surface area contributed by atoms with Crippen molar-refractivity contribution < 1.29 is 10.0 Å². The third-order valence-corrected chi connectivity index (χ3v) is 1.27. The lowest BCUT2D eigenvalue weighted by Gasteiger charge is -2.01. The molecule has 0 aliphatic carbocycles. The van der Waals surface area contributed by atoms with Gasteiger partial charge in [0.2, 0.25) is 0 Å². The molecule has 5 heteroatoms. The first-order chi connectivity index (χ1) is 5.09. The molecular formula is C6H9BN2O2. The van der Waals surface area contributed by atoms with E-state index in [1.165, 1.54) is 0 Å². The second kappa shape index (κ2) is 2.90. The highest BCUT2D eigenvalue weighted by molar-refractivity contribution is 6.57. The van der Waals surface area contributed by atoms with E-state index in [1.807, 2.05) is 6.92 Å². The Bertz CT molecular complexity index is 245. The van der Waals surface area contributed by atoms with Crippen molar-refractivity contribution in [1.82, 2.24) is 4.98 Å². The summed E-state index contributed by atoms with van der Waals surface area (Å²) in [4.78, 5) is 3.71. The second-order valence-electron chi connectivity index (χ2n) is 2.37. The number of aromatic nitrogens is 1. The number of rotatable bonds is 1. The molecule has 0 saturated carbocycles. The standard InChI is InChI=1S/C6H9BN2O2/c1-4-2-5(7(10)11)9-6(8)3-4/h2-3,10-11H,1H3,(H2,8,9). The van der Waals surface area contributed by atoms with Crippen LogP contribution in [0.3, 0.4) is 0 Å². The van der Waals surface area contributed by atoms with Crippen LogP contribution in [0.4, 0.5) is 5.82 Å². The van der Waals surface area contributed by atoms with Crippen LogP contribution in [0, 0.1) is 6.92 Å². The molecule has 4 nitrogen and oxygen atoms in total. The topological polar surface area (TPSA) is 79.4 Å². The van der Waals surface area contributed by atoms with Gasteiger partial charge in [-0.2, -0.15) is 0 Å². The second-order valence-corrected chi connectivity index (χ2v) is 2.37. The van der Waals surface area contributed by atoms with Gasteiger partial charge in [0.15, 0.2) is 0 Å². The predicted molar refractivity (Wildman–Crippen MR) is 43.2 cm³/mol. The monoisotopic (exact) mass is 152 g/mol. The van der Waals surface area contributed by atoms with E-state index in [0.29, 0.717) is 5.82 Å². The Labute approximate surface area is 64.8 Å². The highest BCUT2D eigenvalue weighted by Crippen LogP contribution is 1.98. The molecule has 0 bridgehead atoms. The van der Waals surface area contributed by atoms with E-state index in [2.05, 4.69) is 4.98 Å². The van der Waals surface area contributed by atoms with E-state index in [-0.39, 0.29) is 5.59 Å². The van der Waals surface area contributed by atoms with Gasteiger partial charge in [-0.15, -0.1) is 0 Å². The minimum absolute atomic E-state index is 0.183. The van der Waals surface area contributed by atoms with Crippen LogP contribution in [0.15, 0.2) is 12.1 Å². The van der Waals surface area contributed by atoms with Gasteiger partial charge in [0, 0.05) is 0 Å². The Hall–Kier alpha value is -1.07. The molecule has 1 aromatic heterocycles. The summed E-state index contributed by atoms with van der Waals surface area (Å²) in [6.45, 7) is 1.81. The molecule has 1 heterocycles. The van der Waals surface area contributed by atoms with E-state index < -0.39 is 7.12 Å². The van der Waals surface area contributed by atoms with Crippen LogP contribution < -0.4 is 11.3 Å². The van der Waals surface area contributed by atoms with Gasteiger partial charge in [-0.25, -0.2) is 4.98 Å². The lowest BCUT2D eigenvalue weighted by atomic mass is 9.85. The molecular weight excluding hydrogens is 143 g/mol. The molecule has 11 heavy (non-hydrogen) atoms. The van der Waals surface area contributed by atoms with Crippen LogP contribution in [0.25, 0.3) is 0 Å². The maximum absolute atomic E-state index is 8.71. The lowest BCUT2D eigenvalue weighted by Crippen LogP contribution is -2.33. The molecule has 0 aromatic carbocycles. The lowest BCUT2D eigenvalue weighted by molar-refractivity contribution is 0.424. The summed E-state index contributed by atoms with van der Waals surface area (Å²) < 4.78 is 0. The fourth-order valence-corrected chi connectivity index (χ4v) is 0.854. The molecule has 0 aliphatic rings. The summed E-state index contributed by atoms with van der Waals surface area (Å²) >= 11 is 0. The number of nitrogen functional groups attached to an aromatic ring is 1. The van der Waals surface area contributed by atoms with Crippen molar-refractivity contribution in [1.29, 1.82) is 0 Å². The fraction of sp³-hybridized carbons (Fsp3) is 0.167. The molecule has 0 aliphatic heterocycles. The maximum atomic E-state index is 8.71. The van der Waals surface area contributed by atoms with E-state index in [9.17, 15) is 0 Å². The SMILES string of the molecule is Cc1cc(N)nc(B(O)O)c1. The Morgan fingerprint density at radius 2 is 2.09 bits per heavy atom. The van der Waals surface area contributed by atoms with Crippen molar-refractivity contribution in [2.24, 2.45) is 0 Å². The zero-order valence-electron chi connectivity index (χ0n) is 6.15. The van der Waals surface area contributed by atoms with E-state index in [1.54, 1.807) is 12.1 Å². The maximum Gasteiger partial charge on any atom is 0.508 e. The van der Waals surface area contributed by atoms with Crippen LogP contribution in [0.1, 0.15) is 5.56 Å². The number of pyridine rings is 1. The van der Waals surface area contributed by atoms with Crippen LogP contribution >= 0.6 is 0 Å². The molecule has 0 spiro atoms. The average Bonchev–Trinajstić information content (AvgIpc) is 1.85. The minimum atomic E-state index is -1.54. The van der Waals surface area contributed by atoms with Gasteiger partial charge < -0.3 is 15.8 Å². The summed E-state index contributed by atoms with van der Waals surface area (Å²) in [6.07, 6.45) is 0. The molecule has 0 atom stereocenters. The van der Waals surface area contributed by atoms with Gasteiger partial charge in [-0.1, -0.05) is 0 Å². The van der Waals surface area contributed by atoms with Gasteiger partial charge >= 0.3 is 7.12 Å².